The Morgan fingerprint density at radius 1 is 1.38 bits per heavy atom. The number of carbonyl (C=O) groups is 2. The highest BCUT2D eigenvalue weighted by atomic mass is 32.1. The van der Waals surface area contributed by atoms with Crippen molar-refractivity contribution < 1.29 is 14.3 Å². The number of aromatic nitrogens is 1. The SMILES string of the molecule is COCCCN1CC2(CCC1=O)CCN(C(=O)c1cscn1)CC2. The molecule has 2 fully saturated rings. The number of piperidine rings is 2. The van der Waals surface area contributed by atoms with Crippen LogP contribution >= 0.6 is 11.3 Å². The third kappa shape index (κ3) is 3.78. The van der Waals surface area contributed by atoms with E-state index in [9.17, 15) is 9.59 Å². The van der Waals surface area contributed by atoms with Crippen molar-refractivity contribution in [3.63, 3.8) is 0 Å². The van der Waals surface area contributed by atoms with E-state index in [1.54, 1.807) is 12.6 Å². The summed E-state index contributed by atoms with van der Waals surface area (Å²) in [7, 11) is 1.69. The summed E-state index contributed by atoms with van der Waals surface area (Å²) >= 11 is 1.45. The number of amides is 2. The van der Waals surface area contributed by atoms with Crippen LogP contribution in [0.2, 0.25) is 0 Å². The van der Waals surface area contributed by atoms with E-state index in [1.807, 2.05) is 15.2 Å². The van der Waals surface area contributed by atoms with Gasteiger partial charge in [0.05, 0.1) is 5.51 Å². The molecule has 0 atom stereocenters. The van der Waals surface area contributed by atoms with Gasteiger partial charge in [0.25, 0.3) is 5.91 Å². The zero-order valence-corrected chi connectivity index (χ0v) is 15.0. The van der Waals surface area contributed by atoms with Gasteiger partial charge in [-0.2, -0.15) is 0 Å². The molecule has 2 amide bonds. The molecule has 0 aromatic carbocycles. The molecule has 0 N–H and O–H groups in total. The summed E-state index contributed by atoms with van der Waals surface area (Å²) in [6.45, 7) is 3.81. The average Bonchev–Trinajstić information content (AvgIpc) is 3.13. The number of carbonyl (C=O) groups excluding carboxylic acids is 2. The maximum atomic E-state index is 12.4. The van der Waals surface area contributed by atoms with Crippen molar-refractivity contribution in [3.05, 3.63) is 16.6 Å². The highest BCUT2D eigenvalue weighted by Gasteiger charge is 2.41. The largest absolute Gasteiger partial charge is 0.385 e. The van der Waals surface area contributed by atoms with Crippen LogP contribution < -0.4 is 0 Å². The molecule has 24 heavy (non-hydrogen) atoms. The summed E-state index contributed by atoms with van der Waals surface area (Å²) in [6, 6.07) is 0. The number of methoxy groups -OCH3 is 1. The molecule has 0 radical (unpaired) electrons. The highest BCUT2D eigenvalue weighted by molar-refractivity contribution is 7.07. The van der Waals surface area contributed by atoms with Gasteiger partial charge in [0.1, 0.15) is 5.69 Å². The lowest BCUT2D eigenvalue weighted by molar-refractivity contribution is -0.139. The fourth-order valence-corrected chi connectivity index (χ4v) is 4.30. The standard InChI is InChI=1S/C17H25N3O3S/c1-23-10-2-7-20-12-17(4-3-15(20)21)5-8-19(9-6-17)16(22)14-11-24-13-18-14/h11,13H,2-10,12H2,1H3. The Morgan fingerprint density at radius 3 is 2.83 bits per heavy atom. The lowest BCUT2D eigenvalue weighted by atomic mass is 9.72. The topological polar surface area (TPSA) is 62.7 Å². The van der Waals surface area contributed by atoms with Crippen molar-refractivity contribution in [3.8, 4) is 0 Å². The van der Waals surface area contributed by atoms with Gasteiger partial charge in [-0.15, -0.1) is 11.3 Å². The normalized spacial score (nSPS) is 20.6. The lowest BCUT2D eigenvalue weighted by Gasteiger charge is -2.47. The molecule has 2 saturated heterocycles. The fraction of sp³-hybridized carbons (Fsp3) is 0.706. The van der Waals surface area contributed by atoms with Crippen LogP contribution in [0.4, 0.5) is 0 Å². The van der Waals surface area contributed by atoms with Crippen LogP contribution in [0, 0.1) is 5.41 Å². The molecule has 132 valence electrons. The van der Waals surface area contributed by atoms with Crippen molar-refractivity contribution >= 4 is 23.2 Å². The van der Waals surface area contributed by atoms with Gasteiger partial charge in [0.15, 0.2) is 0 Å². The minimum absolute atomic E-state index is 0.0370. The zero-order valence-electron chi connectivity index (χ0n) is 14.2. The molecule has 0 aliphatic carbocycles. The van der Waals surface area contributed by atoms with Gasteiger partial charge in [-0.1, -0.05) is 0 Å². The molecule has 1 aromatic heterocycles. The first-order chi connectivity index (χ1) is 11.6. The number of nitrogens with zero attached hydrogens (tertiary/aromatic N) is 3. The predicted octanol–water partition coefficient (Wildman–Crippen LogP) is 2.02. The average molecular weight is 351 g/mol. The quantitative estimate of drug-likeness (QED) is 0.762. The summed E-state index contributed by atoms with van der Waals surface area (Å²) in [6.07, 6.45) is 4.40. The second-order valence-electron chi connectivity index (χ2n) is 6.83. The Labute approximate surface area is 146 Å². The smallest absolute Gasteiger partial charge is 0.273 e. The van der Waals surface area contributed by atoms with Gasteiger partial charge in [0, 0.05) is 51.7 Å². The summed E-state index contributed by atoms with van der Waals surface area (Å²) in [5.41, 5.74) is 2.43. The predicted molar refractivity (Wildman–Crippen MR) is 92.0 cm³/mol. The van der Waals surface area contributed by atoms with Gasteiger partial charge in [0.2, 0.25) is 5.91 Å². The summed E-state index contributed by atoms with van der Waals surface area (Å²) < 4.78 is 5.09. The molecule has 2 aliphatic rings. The van der Waals surface area contributed by atoms with E-state index in [0.717, 1.165) is 51.9 Å². The molecule has 1 aromatic rings. The van der Waals surface area contributed by atoms with Crippen LogP contribution in [0.25, 0.3) is 0 Å². The van der Waals surface area contributed by atoms with Crippen molar-refractivity contribution in [1.82, 2.24) is 14.8 Å². The minimum atomic E-state index is 0.0370. The van der Waals surface area contributed by atoms with Gasteiger partial charge < -0.3 is 14.5 Å². The van der Waals surface area contributed by atoms with E-state index in [-0.39, 0.29) is 17.2 Å². The first kappa shape index (κ1) is 17.4. The molecule has 2 aliphatic heterocycles. The second-order valence-corrected chi connectivity index (χ2v) is 7.55. The number of hydrogen-bond acceptors (Lipinski definition) is 5. The molecule has 0 bridgehead atoms. The van der Waals surface area contributed by atoms with Crippen LogP contribution in [0.1, 0.15) is 42.6 Å². The first-order valence-electron chi connectivity index (χ1n) is 8.58. The third-order valence-electron chi connectivity index (χ3n) is 5.29. The monoisotopic (exact) mass is 351 g/mol. The molecular weight excluding hydrogens is 326 g/mol. The minimum Gasteiger partial charge on any atom is -0.385 e. The van der Waals surface area contributed by atoms with Crippen LogP contribution in [-0.4, -0.2) is 66.5 Å². The number of thiazole rings is 1. The highest BCUT2D eigenvalue weighted by Crippen LogP contribution is 2.40. The van der Waals surface area contributed by atoms with E-state index in [2.05, 4.69) is 4.98 Å². The van der Waals surface area contributed by atoms with Crippen molar-refractivity contribution in [2.45, 2.75) is 32.1 Å². The van der Waals surface area contributed by atoms with Crippen LogP contribution in [0.3, 0.4) is 0 Å². The van der Waals surface area contributed by atoms with Crippen molar-refractivity contribution in [2.24, 2.45) is 5.41 Å². The fourth-order valence-electron chi connectivity index (χ4n) is 3.78. The molecule has 0 saturated carbocycles. The van der Waals surface area contributed by atoms with E-state index >= 15 is 0 Å². The summed E-state index contributed by atoms with van der Waals surface area (Å²) in [5, 5.41) is 1.81. The van der Waals surface area contributed by atoms with Gasteiger partial charge in [-0.3, -0.25) is 9.59 Å². The number of rotatable bonds is 5. The number of ether oxygens (including phenoxy) is 1. The van der Waals surface area contributed by atoms with E-state index in [4.69, 9.17) is 4.74 Å². The summed E-state index contributed by atoms with van der Waals surface area (Å²) in [5.74, 6) is 0.299. The maximum absolute atomic E-state index is 12.4. The molecule has 3 rings (SSSR count). The second kappa shape index (κ2) is 7.61. The van der Waals surface area contributed by atoms with E-state index in [0.29, 0.717) is 18.7 Å². The number of likely N-dealkylation sites (tertiary alicyclic amines) is 2. The van der Waals surface area contributed by atoms with Crippen LogP contribution in [0.5, 0.6) is 0 Å². The zero-order chi connectivity index (χ0) is 17.0. The Bertz CT molecular complexity index is 568. The van der Waals surface area contributed by atoms with E-state index in [1.165, 1.54) is 11.3 Å². The molecule has 1 spiro atoms. The Morgan fingerprint density at radius 2 is 2.17 bits per heavy atom. The van der Waals surface area contributed by atoms with Crippen LogP contribution in [0.15, 0.2) is 10.9 Å². The maximum Gasteiger partial charge on any atom is 0.273 e. The Kier molecular flexibility index (Phi) is 5.50. The van der Waals surface area contributed by atoms with Crippen molar-refractivity contribution in [1.29, 1.82) is 0 Å². The molecule has 0 unspecified atom stereocenters. The van der Waals surface area contributed by atoms with Gasteiger partial charge >= 0.3 is 0 Å². The first-order valence-corrected chi connectivity index (χ1v) is 9.52. The summed E-state index contributed by atoms with van der Waals surface area (Å²) in [4.78, 5) is 32.6. The molecule has 7 heteroatoms. The van der Waals surface area contributed by atoms with E-state index < -0.39 is 0 Å². The molecule has 6 nitrogen and oxygen atoms in total. The molecule has 3 heterocycles. The van der Waals surface area contributed by atoms with Crippen LogP contribution in [-0.2, 0) is 9.53 Å². The Balaban J connectivity index is 1.56. The van der Waals surface area contributed by atoms with Gasteiger partial charge in [-0.25, -0.2) is 4.98 Å². The third-order valence-corrected chi connectivity index (χ3v) is 5.87. The lowest BCUT2D eigenvalue weighted by Crippen LogP contribution is -2.52. The van der Waals surface area contributed by atoms with Crippen molar-refractivity contribution in [2.75, 3.05) is 39.9 Å². The molecular formula is C17H25N3O3S. The van der Waals surface area contributed by atoms with Gasteiger partial charge in [-0.05, 0) is 31.1 Å². The Hall–Kier alpha value is -1.47. The number of hydrogen-bond donors (Lipinski definition) is 0.